The molecular formula is C11H20O10. The number of aliphatic hydroxyl groups is 7. The van der Waals surface area contributed by atoms with Crippen molar-refractivity contribution >= 4 is 0 Å². The molecular weight excluding hydrogens is 292 g/mol. The van der Waals surface area contributed by atoms with Crippen LogP contribution in [-0.2, 0) is 14.2 Å². The Morgan fingerprint density at radius 3 is 1.90 bits per heavy atom. The second-order valence-corrected chi connectivity index (χ2v) is 5.08. The highest BCUT2D eigenvalue weighted by Crippen LogP contribution is 2.24. The first kappa shape index (κ1) is 17.0. The van der Waals surface area contributed by atoms with Crippen molar-refractivity contribution in [3.05, 3.63) is 0 Å². The molecule has 0 aromatic rings. The lowest BCUT2D eigenvalue weighted by atomic mass is 9.99. The third-order valence-corrected chi connectivity index (χ3v) is 3.61. The molecule has 0 amide bonds. The van der Waals surface area contributed by atoms with Gasteiger partial charge in [-0.1, -0.05) is 0 Å². The molecule has 21 heavy (non-hydrogen) atoms. The highest BCUT2D eigenvalue weighted by molar-refractivity contribution is 4.90. The largest absolute Gasteiger partial charge is 0.394 e. The summed E-state index contributed by atoms with van der Waals surface area (Å²) in [6.07, 6.45) is -12.6. The molecule has 0 unspecified atom stereocenters. The Morgan fingerprint density at radius 2 is 1.33 bits per heavy atom. The fourth-order valence-electron chi connectivity index (χ4n) is 2.26. The summed E-state index contributed by atoms with van der Waals surface area (Å²) >= 11 is 0. The number of rotatable bonds is 4. The van der Waals surface area contributed by atoms with Crippen LogP contribution in [0.5, 0.6) is 0 Å². The van der Waals surface area contributed by atoms with Gasteiger partial charge in [-0.25, -0.2) is 0 Å². The second-order valence-electron chi connectivity index (χ2n) is 5.08. The Hall–Kier alpha value is -0.400. The number of ether oxygens (including phenoxy) is 3. The van der Waals surface area contributed by atoms with Gasteiger partial charge in [0.25, 0.3) is 0 Å². The van der Waals surface area contributed by atoms with Crippen LogP contribution in [0, 0.1) is 0 Å². The van der Waals surface area contributed by atoms with Crippen LogP contribution in [0.4, 0.5) is 0 Å². The van der Waals surface area contributed by atoms with Gasteiger partial charge in [-0.3, -0.25) is 0 Å². The molecule has 0 radical (unpaired) electrons. The molecule has 10 heteroatoms. The quantitative estimate of drug-likeness (QED) is 0.267. The first-order chi connectivity index (χ1) is 9.86. The van der Waals surface area contributed by atoms with Crippen molar-refractivity contribution in [2.24, 2.45) is 0 Å². The second kappa shape index (κ2) is 6.79. The first-order valence-corrected chi connectivity index (χ1v) is 6.48. The summed E-state index contributed by atoms with van der Waals surface area (Å²) in [5, 5.41) is 66.0. The molecule has 9 atom stereocenters. The van der Waals surface area contributed by atoms with Crippen molar-refractivity contribution < 1.29 is 50.0 Å². The van der Waals surface area contributed by atoms with Crippen molar-refractivity contribution in [1.29, 1.82) is 0 Å². The molecule has 2 aliphatic rings. The van der Waals surface area contributed by atoms with E-state index in [1.165, 1.54) is 0 Å². The van der Waals surface area contributed by atoms with E-state index in [1.54, 1.807) is 0 Å². The summed E-state index contributed by atoms with van der Waals surface area (Å²) in [7, 11) is 0. The topological polar surface area (TPSA) is 169 Å². The molecule has 0 bridgehead atoms. The molecule has 124 valence electrons. The smallest absolute Gasteiger partial charge is 0.186 e. The van der Waals surface area contributed by atoms with Gasteiger partial charge in [0.05, 0.1) is 13.2 Å². The maximum atomic E-state index is 9.70. The summed E-state index contributed by atoms with van der Waals surface area (Å²) in [4.78, 5) is 0. The van der Waals surface area contributed by atoms with Crippen molar-refractivity contribution in [2.75, 3.05) is 13.2 Å². The van der Waals surface area contributed by atoms with Crippen LogP contribution < -0.4 is 0 Å². The summed E-state index contributed by atoms with van der Waals surface area (Å²) in [6.45, 7) is -0.890. The molecule has 0 aromatic heterocycles. The van der Waals surface area contributed by atoms with Gasteiger partial charge in [0, 0.05) is 0 Å². The lowest BCUT2D eigenvalue weighted by Crippen LogP contribution is -2.58. The molecule has 2 aliphatic heterocycles. The van der Waals surface area contributed by atoms with E-state index < -0.39 is 61.9 Å². The minimum absolute atomic E-state index is 0.380. The van der Waals surface area contributed by atoms with E-state index in [0.717, 1.165) is 0 Å². The van der Waals surface area contributed by atoms with Crippen molar-refractivity contribution in [1.82, 2.24) is 0 Å². The molecule has 10 nitrogen and oxygen atoms in total. The summed E-state index contributed by atoms with van der Waals surface area (Å²) in [5.74, 6) is 0. The zero-order valence-electron chi connectivity index (χ0n) is 11.0. The summed E-state index contributed by atoms with van der Waals surface area (Å²) in [6, 6.07) is 0. The molecule has 2 heterocycles. The lowest BCUT2D eigenvalue weighted by Gasteiger charge is -2.38. The van der Waals surface area contributed by atoms with E-state index in [9.17, 15) is 30.6 Å². The SMILES string of the molecule is OC[C@H]1O[C@H](OC[C@H]2O[C@@H](O)[C@H](O)[C@@H](O)[C@@H]2O)[C@@H](O)[C@@H]1O. The van der Waals surface area contributed by atoms with Gasteiger partial charge in [0.15, 0.2) is 12.6 Å². The predicted molar refractivity (Wildman–Crippen MR) is 62.6 cm³/mol. The van der Waals surface area contributed by atoms with Gasteiger partial charge in [0.2, 0.25) is 0 Å². The Labute approximate surface area is 119 Å². The molecule has 2 saturated heterocycles. The average Bonchev–Trinajstić information content (AvgIpc) is 2.75. The van der Waals surface area contributed by atoms with Crippen LogP contribution >= 0.6 is 0 Å². The van der Waals surface area contributed by atoms with E-state index in [2.05, 4.69) is 0 Å². The first-order valence-electron chi connectivity index (χ1n) is 6.48. The maximum Gasteiger partial charge on any atom is 0.186 e. The maximum absolute atomic E-state index is 9.70. The monoisotopic (exact) mass is 312 g/mol. The van der Waals surface area contributed by atoms with Gasteiger partial charge in [-0.05, 0) is 0 Å². The van der Waals surface area contributed by atoms with E-state index in [4.69, 9.17) is 19.3 Å². The molecule has 7 N–H and O–H groups in total. The van der Waals surface area contributed by atoms with E-state index in [0.29, 0.717) is 0 Å². The normalized spacial score (nSPS) is 51.3. The molecule has 0 saturated carbocycles. The van der Waals surface area contributed by atoms with Gasteiger partial charge in [-0.2, -0.15) is 0 Å². The van der Waals surface area contributed by atoms with Gasteiger partial charge >= 0.3 is 0 Å². The van der Waals surface area contributed by atoms with Crippen LogP contribution in [0.1, 0.15) is 0 Å². The van der Waals surface area contributed by atoms with Gasteiger partial charge in [-0.15, -0.1) is 0 Å². The van der Waals surface area contributed by atoms with Crippen molar-refractivity contribution in [3.63, 3.8) is 0 Å². The lowest BCUT2D eigenvalue weighted by molar-refractivity contribution is -0.297. The molecule has 0 aromatic carbocycles. The minimum atomic E-state index is -1.69. The standard InChI is InChI=1S/C11H20O10/c12-1-3-5(13)9(17)11(21-3)19-2-4-6(14)7(15)8(16)10(18)20-4/h3-18H,1-2H2/t3-,4-,5-,6-,7+,8-,9+,10-,11+/m1/s1. The highest BCUT2D eigenvalue weighted by atomic mass is 16.7. The number of aliphatic hydroxyl groups excluding tert-OH is 7. The van der Waals surface area contributed by atoms with E-state index in [1.807, 2.05) is 0 Å². The molecule has 2 rings (SSSR count). The number of hydrogen-bond donors (Lipinski definition) is 7. The van der Waals surface area contributed by atoms with Crippen LogP contribution in [-0.4, -0.2) is 104 Å². The summed E-state index contributed by atoms with van der Waals surface area (Å²) in [5.41, 5.74) is 0. The number of hydrogen-bond acceptors (Lipinski definition) is 10. The Kier molecular flexibility index (Phi) is 5.48. The van der Waals surface area contributed by atoms with Crippen LogP contribution in [0.25, 0.3) is 0 Å². The molecule has 0 aliphatic carbocycles. The fraction of sp³-hybridized carbons (Fsp3) is 1.00. The van der Waals surface area contributed by atoms with Crippen molar-refractivity contribution in [3.8, 4) is 0 Å². The van der Waals surface area contributed by atoms with E-state index >= 15 is 0 Å². The Morgan fingerprint density at radius 1 is 0.714 bits per heavy atom. The summed E-state index contributed by atoms with van der Waals surface area (Å²) < 4.78 is 15.1. The van der Waals surface area contributed by atoms with Crippen LogP contribution in [0.2, 0.25) is 0 Å². The van der Waals surface area contributed by atoms with Gasteiger partial charge in [0.1, 0.15) is 42.7 Å². The molecule has 2 fully saturated rings. The molecule has 0 spiro atoms. The third kappa shape index (κ3) is 3.35. The Bertz CT molecular complexity index is 341. The highest BCUT2D eigenvalue weighted by Gasteiger charge is 2.46. The van der Waals surface area contributed by atoms with Gasteiger partial charge < -0.3 is 50.0 Å². The van der Waals surface area contributed by atoms with E-state index in [-0.39, 0.29) is 6.61 Å². The van der Waals surface area contributed by atoms with Crippen molar-refractivity contribution in [2.45, 2.75) is 55.3 Å². The van der Waals surface area contributed by atoms with Crippen LogP contribution in [0.15, 0.2) is 0 Å². The zero-order valence-corrected chi connectivity index (χ0v) is 11.0. The zero-order chi connectivity index (χ0) is 15.7. The fourth-order valence-corrected chi connectivity index (χ4v) is 2.26. The third-order valence-electron chi connectivity index (χ3n) is 3.61. The predicted octanol–water partition coefficient (Wildman–Crippen LogP) is -4.76. The average molecular weight is 312 g/mol. The Balaban J connectivity index is 1.88. The minimum Gasteiger partial charge on any atom is -0.394 e. The van der Waals surface area contributed by atoms with Crippen LogP contribution in [0.3, 0.4) is 0 Å².